The van der Waals surface area contributed by atoms with Crippen LogP contribution in [0.15, 0.2) is 176 Å². The highest BCUT2D eigenvalue weighted by Crippen LogP contribution is 2.48. The Morgan fingerprint density at radius 1 is 0.694 bits per heavy atom. The number of benzene rings is 4. The van der Waals surface area contributed by atoms with E-state index in [1.54, 1.807) is 0 Å². The summed E-state index contributed by atoms with van der Waals surface area (Å²) in [7, 11) is 0. The largest absolute Gasteiger partial charge is 0.333 e. The van der Waals surface area contributed by atoms with E-state index in [2.05, 4.69) is 201 Å². The molecule has 0 bridgehead atoms. The quantitative estimate of drug-likeness (QED) is 0.183. The average molecular weight is 641 g/mol. The Bertz CT molecular complexity index is 1850. The van der Waals surface area contributed by atoms with Crippen molar-refractivity contribution in [2.45, 2.75) is 51.6 Å². The molecule has 4 aromatic rings. The standard InChI is InChI=1S/C47H48N2/c1-35(2)36-22-26-38(27-23-36)45(46(40-16-8-4-9-17-40)47(3)32-14-7-15-33-47)39-28-24-37(25-29-39)44-31-30-43(34-48-44)49(41-18-10-5-11-19-41)42-20-12-6-13-21-42/h4-16,18-32,35,40,43-44,48H,17,33-34H2,1-3H3/b46-45+. The molecule has 2 aliphatic carbocycles. The van der Waals surface area contributed by atoms with Crippen molar-refractivity contribution in [3.8, 4) is 0 Å². The molecular formula is C47H48N2. The Hall–Kier alpha value is -4.92. The molecule has 1 heterocycles. The first kappa shape index (κ1) is 32.6. The van der Waals surface area contributed by atoms with E-state index in [9.17, 15) is 0 Å². The van der Waals surface area contributed by atoms with Gasteiger partial charge in [0.05, 0.1) is 12.1 Å². The predicted octanol–water partition coefficient (Wildman–Crippen LogP) is 11.7. The van der Waals surface area contributed by atoms with Crippen LogP contribution in [0.3, 0.4) is 0 Å². The van der Waals surface area contributed by atoms with E-state index >= 15 is 0 Å². The molecule has 49 heavy (non-hydrogen) atoms. The lowest BCUT2D eigenvalue weighted by atomic mass is 9.67. The zero-order valence-electron chi connectivity index (χ0n) is 29.0. The minimum absolute atomic E-state index is 0.0777. The van der Waals surface area contributed by atoms with Gasteiger partial charge in [-0.15, -0.1) is 0 Å². The van der Waals surface area contributed by atoms with Crippen LogP contribution in [0.25, 0.3) is 5.57 Å². The van der Waals surface area contributed by atoms with Crippen molar-refractivity contribution in [1.82, 2.24) is 5.32 Å². The van der Waals surface area contributed by atoms with Gasteiger partial charge in [0, 0.05) is 29.3 Å². The fraction of sp³-hybridized carbons (Fsp3) is 0.234. The normalized spacial score (nSPS) is 23.5. The summed E-state index contributed by atoms with van der Waals surface area (Å²) in [5.74, 6) is 0.835. The molecule has 4 aromatic carbocycles. The second-order valence-electron chi connectivity index (χ2n) is 14.1. The van der Waals surface area contributed by atoms with E-state index in [0.29, 0.717) is 11.8 Å². The summed E-state index contributed by atoms with van der Waals surface area (Å²) < 4.78 is 0. The third-order valence-electron chi connectivity index (χ3n) is 10.4. The van der Waals surface area contributed by atoms with Crippen molar-refractivity contribution in [2.24, 2.45) is 11.3 Å². The molecule has 0 saturated heterocycles. The van der Waals surface area contributed by atoms with Crippen LogP contribution >= 0.6 is 0 Å². The fourth-order valence-electron chi connectivity index (χ4n) is 7.72. The Morgan fingerprint density at radius 2 is 1.33 bits per heavy atom. The molecule has 246 valence electrons. The number of para-hydroxylation sites is 2. The average Bonchev–Trinajstić information content (AvgIpc) is 3.16. The van der Waals surface area contributed by atoms with Gasteiger partial charge in [0.25, 0.3) is 0 Å². The highest BCUT2D eigenvalue weighted by molar-refractivity contribution is 5.84. The molecule has 0 saturated carbocycles. The second-order valence-corrected chi connectivity index (χ2v) is 14.1. The summed E-state index contributed by atoms with van der Waals surface area (Å²) >= 11 is 0. The topological polar surface area (TPSA) is 15.3 Å². The number of nitrogens with one attached hydrogen (secondary N) is 1. The number of hydrogen-bond donors (Lipinski definition) is 1. The smallest absolute Gasteiger partial charge is 0.0647 e. The van der Waals surface area contributed by atoms with Gasteiger partial charge in [-0.05, 0) is 76.4 Å². The van der Waals surface area contributed by atoms with Crippen molar-refractivity contribution < 1.29 is 0 Å². The first-order chi connectivity index (χ1) is 24.0. The van der Waals surface area contributed by atoms with Gasteiger partial charge in [-0.25, -0.2) is 0 Å². The van der Waals surface area contributed by atoms with Crippen molar-refractivity contribution in [1.29, 1.82) is 0 Å². The van der Waals surface area contributed by atoms with E-state index < -0.39 is 0 Å². The maximum atomic E-state index is 3.86. The fourth-order valence-corrected chi connectivity index (χ4v) is 7.72. The van der Waals surface area contributed by atoms with Crippen LogP contribution in [0.2, 0.25) is 0 Å². The van der Waals surface area contributed by atoms with Gasteiger partial charge in [0.15, 0.2) is 0 Å². The minimum atomic E-state index is -0.0777. The number of hydrogen-bond acceptors (Lipinski definition) is 2. The summed E-state index contributed by atoms with van der Waals surface area (Å²) in [6.45, 7) is 7.81. The molecule has 0 fully saturated rings. The van der Waals surface area contributed by atoms with E-state index in [1.807, 2.05) is 0 Å². The van der Waals surface area contributed by atoms with Gasteiger partial charge >= 0.3 is 0 Å². The van der Waals surface area contributed by atoms with Crippen LogP contribution in [-0.4, -0.2) is 12.6 Å². The second kappa shape index (κ2) is 14.7. The van der Waals surface area contributed by atoms with E-state index in [4.69, 9.17) is 0 Å². The summed E-state index contributed by atoms with van der Waals surface area (Å²) in [6, 6.07) is 40.5. The number of rotatable bonds is 9. The Labute approximate surface area is 293 Å². The summed E-state index contributed by atoms with van der Waals surface area (Å²) in [6.07, 6.45) is 25.1. The summed E-state index contributed by atoms with van der Waals surface area (Å²) in [4.78, 5) is 2.43. The first-order valence-electron chi connectivity index (χ1n) is 17.9. The highest BCUT2D eigenvalue weighted by atomic mass is 15.2. The van der Waals surface area contributed by atoms with Crippen molar-refractivity contribution in [3.05, 3.63) is 198 Å². The molecule has 1 N–H and O–H groups in total. The van der Waals surface area contributed by atoms with Crippen molar-refractivity contribution in [2.75, 3.05) is 11.4 Å². The maximum absolute atomic E-state index is 3.86. The third-order valence-corrected chi connectivity index (χ3v) is 10.4. The zero-order valence-corrected chi connectivity index (χ0v) is 29.0. The molecule has 4 unspecified atom stereocenters. The Balaban J connectivity index is 1.24. The van der Waals surface area contributed by atoms with E-state index in [0.717, 1.165) is 19.4 Å². The SMILES string of the molecule is CC(C)c1ccc(/C(=C(/C2C=CC=CC2)C2(C)C=CC=CC2)c2ccc(C3C=CC(N(c4ccccc4)c4ccccc4)CN3)cc2)cc1. The van der Waals surface area contributed by atoms with E-state index in [1.165, 1.54) is 44.8 Å². The molecular weight excluding hydrogens is 593 g/mol. The lowest BCUT2D eigenvalue weighted by molar-refractivity contribution is 0.467. The molecule has 0 radical (unpaired) electrons. The molecule has 0 aromatic heterocycles. The Morgan fingerprint density at radius 3 is 1.86 bits per heavy atom. The molecule has 2 heteroatoms. The number of allylic oxidation sites excluding steroid dienone is 9. The monoisotopic (exact) mass is 640 g/mol. The van der Waals surface area contributed by atoms with Crippen LogP contribution in [0.5, 0.6) is 0 Å². The van der Waals surface area contributed by atoms with Crippen molar-refractivity contribution in [3.63, 3.8) is 0 Å². The molecule has 1 aliphatic heterocycles. The molecule has 0 spiro atoms. The highest BCUT2D eigenvalue weighted by Gasteiger charge is 2.34. The minimum Gasteiger partial charge on any atom is -0.333 e. The van der Waals surface area contributed by atoms with Crippen LogP contribution < -0.4 is 10.2 Å². The Kier molecular flexibility index (Phi) is 9.77. The van der Waals surface area contributed by atoms with Crippen LogP contribution in [-0.2, 0) is 0 Å². The molecule has 7 rings (SSSR count). The molecule has 4 atom stereocenters. The number of anilines is 2. The number of nitrogens with zero attached hydrogens (tertiary/aromatic N) is 1. The lowest BCUT2D eigenvalue weighted by Crippen LogP contribution is -2.42. The molecule has 0 amide bonds. The van der Waals surface area contributed by atoms with Crippen molar-refractivity contribution >= 4 is 16.9 Å². The van der Waals surface area contributed by atoms with Gasteiger partial charge < -0.3 is 10.2 Å². The summed E-state index contributed by atoms with van der Waals surface area (Å²) in [5.41, 5.74) is 10.4. The van der Waals surface area contributed by atoms with Crippen LogP contribution in [0.1, 0.15) is 67.8 Å². The first-order valence-corrected chi connectivity index (χ1v) is 17.9. The van der Waals surface area contributed by atoms with Gasteiger partial charge in [-0.1, -0.05) is 166 Å². The third kappa shape index (κ3) is 7.12. The van der Waals surface area contributed by atoms with Gasteiger partial charge in [0.2, 0.25) is 0 Å². The predicted molar refractivity (Wildman–Crippen MR) is 209 cm³/mol. The maximum Gasteiger partial charge on any atom is 0.0647 e. The molecule has 2 nitrogen and oxygen atoms in total. The van der Waals surface area contributed by atoms with Gasteiger partial charge in [-0.2, -0.15) is 0 Å². The molecule has 3 aliphatic rings. The lowest BCUT2D eigenvalue weighted by Gasteiger charge is -2.37. The zero-order chi connectivity index (χ0) is 33.6. The van der Waals surface area contributed by atoms with Gasteiger partial charge in [0.1, 0.15) is 0 Å². The van der Waals surface area contributed by atoms with Crippen LogP contribution in [0, 0.1) is 11.3 Å². The van der Waals surface area contributed by atoms with Crippen LogP contribution in [0.4, 0.5) is 11.4 Å². The summed E-state index contributed by atoms with van der Waals surface area (Å²) in [5, 5.41) is 3.86. The van der Waals surface area contributed by atoms with Gasteiger partial charge in [-0.3, -0.25) is 0 Å². The van der Waals surface area contributed by atoms with E-state index in [-0.39, 0.29) is 17.5 Å².